The Kier molecular flexibility index (Phi) is 5.76. The molecule has 19 heavy (non-hydrogen) atoms. The molecular formula is C14H20N2O2S. The molecule has 104 valence electrons. The fourth-order valence-electron chi connectivity index (χ4n) is 1.31. The number of ether oxygens (including phenoxy) is 1. The van der Waals surface area contributed by atoms with Gasteiger partial charge in [-0.3, -0.25) is 4.79 Å². The summed E-state index contributed by atoms with van der Waals surface area (Å²) in [5, 5.41) is 5.88. The van der Waals surface area contributed by atoms with Crippen molar-refractivity contribution in [1.29, 1.82) is 0 Å². The summed E-state index contributed by atoms with van der Waals surface area (Å²) in [6, 6.07) is 7.42. The van der Waals surface area contributed by atoms with E-state index < -0.39 is 0 Å². The number of thiocarbonyl (C=S) groups is 1. The molecule has 0 atom stereocenters. The van der Waals surface area contributed by atoms with Gasteiger partial charge in [-0.15, -0.1) is 0 Å². The second kappa shape index (κ2) is 7.09. The van der Waals surface area contributed by atoms with Gasteiger partial charge in [0.2, 0.25) is 5.91 Å². The number of hydrogen-bond acceptors (Lipinski definition) is 3. The first kappa shape index (κ1) is 15.4. The molecule has 4 nitrogen and oxygen atoms in total. The van der Waals surface area contributed by atoms with Crippen LogP contribution in [0.4, 0.5) is 5.69 Å². The number of nitrogens with one attached hydrogen (secondary N) is 2. The average molecular weight is 280 g/mol. The zero-order valence-corrected chi connectivity index (χ0v) is 12.5. The van der Waals surface area contributed by atoms with E-state index in [1.807, 2.05) is 52.0 Å². The zero-order chi connectivity index (χ0) is 14.4. The van der Waals surface area contributed by atoms with Crippen molar-refractivity contribution in [2.45, 2.75) is 33.8 Å². The van der Waals surface area contributed by atoms with Crippen LogP contribution in [0.2, 0.25) is 0 Å². The first-order valence-electron chi connectivity index (χ1n) is 6.27. The van der Waals surface area contributed by atoms with E-state index in [4.69, 9.17) is 17.0 Å². The highest BCUT2D eigenvalue weighted by Gasteiger charge is 2.08. The molecule has 0 saturated heterocycles. The Morgan fingerprint density at radius 2 is 1.74 bits per heavy atom. The van der Waals surface area contributed by atoms with Crippen molar-refractivity contribution < 1.29 is 9.53 Å². The molecule has 0 heterocycles. The fourth-order valence-corrected chi connectivity index (χ4v) is 1.53. The number of carbonyl (C=O) groups excluding carboxylic acids is 1. The minimum absolute atomic E-state index is 0.0958. The smallest absolute Gasteiger partial charge is 0.228 e. The molecule has 0 fully saturated rings. The molecule has 0 aromatic heterocycles. The number of benzene rings is 1. The van der Waals surface area contributed by atoms with E-state index in [1.165, 1.54) is 0 Å². The Hall–Kier alpha value is -1.62. The van der Waals surface area contributed by atoms with Crippen LogP contribution in [0, 0.1) is 5.92 Å². The first-order valence-corrected chi connectivity index (χ1v) is 6.68. The van der Waals surface area contributed by atoms with Crippen LogP contribution in [-0.2, 0) is 4.79 Å². The van der Waals surface area contributed by atoms with Crippen molar-refractivity contribution in [3.63, 3.8) is 0 Å². The molecule has 0 radical (unpaired) electrons. The number of amides is 1. The van der Waals surface area contributed by atoms with E-state index in [9.17, 15) is 4.79 Å². The molecule has 1 rings (SSSR count). The molecular weight excluding hydrogens is 260 g/mol. The lowest BCUT2D eigenvalue weighted by molar-refractivity contribution is -0.122. The SMILES string of the molecule is CC(C)Oc1ccc(NC(=S)NC(=O)C(C)C)cc1. The standard InChI is InChI=1S/C14H20N2O2S/c1-9(2)13(17)16-14(19)15-11-5-7-12(8-6-11)18-10(3)4/h5-10H,1-4H3,(H2,15,16,17,19). The van der Waals surface area contributed by atoms with Gasteiger partial charge in [-0.25, -0.2) is 0 Å². The lowest BCUT2D eigenvalue weighted by Gasteiger charge is -2.12. The van der Waals surface area contributed by atoms with Crippen molar-refractivity contribution in [2.24, 2.45) is 5.92 Å². The molecule has 0 aliphatic carbocycles. The van der Waals surface area contributed by atoms with Gasteiger partial charge < -0.3 is 15.4 Å². The predicted molar refractivity (Wildman–Crippen MR) is 81.4 cm³/mol. The van der Waals surface area contributed by atoms with Gasteiger partial charge >= 0.3 is 0 Å². The average Bonchev–Trinajstić information content (AvgIpc) is 2.30. The van der Waals surface area contributed by atoms with Crippen LogP contribution in [-0.4, -0.2) is 17.1 Å². The molecule has 0 bridgehead atoms. The quantitative estimate of drug-likeness (QED) is 0.833. The summed E-state index contributed by atoms with van der Waals surface area (Å²) in [4.78, 5) is 11.5. The highest BCUT2D eigenvalue weighted by molar-refractivity contribution is 7.80. The molecule has 0 aliphatic heterocycles. The van der Waals surface area contributed by atoms with E-state index in [-0.39, 0.29) is 17.9 Å². The maximum Gasteiger partial charge on any atom is 0.228 e. The van der Waals surface area contributed by atoms with E-state index >= 15 is 0 Å². The lowest BCUT2D eigenvalue weighted by Crippen LogP contribution is -2.36. The maximum atomic E-state index is 11.5. The fraction of sp³-hybridized carbons (Fsp3) is 0.429. The summed E-state index contributed by atoms with van der Waals surface area (Å²) in [6.07, 6.45) is 0.144. The molecule has 1 aromatic rings. The number of rotatable bonds is 4. The largest absolute Gasteiger partial charge is 0.491 e. The molecule has 1 aromatic carbocycles. The highest BCUT2D eigenvalue weighted by Crippen LogP contribution is 2.16. The van der Waals surface area contributed by atoms with Crippen LogP contribution in [0.25, 0.3) is 0 Å². The predicted octanol–water partition coefficient (Wildman–Crippen LogP) is 2.94. The summed E-state index contributed by atoms with van der Waals surface area (Å²) in [5.41, 5.74) is 0.810. The van der Waals surface area contributed by atoms with Gasteiger partial charge in [-0.05, 0) is 50.3 Å². The molecule has 1 amide bonds. The molecule has 0 aliphatic rings. The third kappa shape index (κ3) is 5.70. The van der Waals surface area contributed by atoms with Gasteiger partial charge in [-0.2, -0.15) is 0 Å². The van der Waals surface area contributed by atoms with Crippen LogP contribution in [0.5, 0.6) is 5.75 Å². The first-order chi connectivity index (χ1) is 8.88. The molecule has 0 unspecified atom stereocenters. The van der Waals surface area contributed by atoms with Crippen molar-refractivity contribution in [3.8, 4) is 5.75 Å². The van der Waals surface area contributed by atoms with Crippen LogP contribution in [0.15, 0.2) is 24.3 Å². The van der Waals surface area contributed by atoms with Crippen LogP contribution >= 0.6 is 12.2 Å². The van der Waals surface area contributed by atoms with E-state index in [1.54, 1.807) is 0 Å². The Morgan fingerprint density at radius 1 is 1.16 bits per heavy atom. The number of hydrogen-bond donors (Lipinski definition) is 2. The van der Waals surface area contributed by atoms with Crippen molar-refractivity contribution in [3.05, 3.63) is 24.3 Å². The van der Waals surface area contributed by atoms with E-state index in [2.05, 4.69) is 10.6 Å². The minimum atomic E-state index is -0.0998. The normalized spacial score (nSPS) is 10.4. The van der Waals surface area contributed by atoms with Gasteiger partial charge in [0.25, 0.3) is 0 Å². The Bertz CT molecular complexity index is 441. The van der Waals surface area contributed by atoms with Gasteiger partial charge in [0.1, 0.15) is 5.75 Å². The summed E-state index contributed by atoms with van der Waals surface area (Å²) in [6.45, 7) is 7.58. The molecule has 5 heteroatoms. The van der Waals surface area contributed by atoms with Gasteiger partial charge in [0, 0.05) is 11.6 Å². The van der Waals surface area contributed by atoms with Gasteiger partial charge in [-0.1, -0.05) is 13.8 Å². The third-order valence-electron chi connectivity index (χ3n) is 2.25. The minimum Gasteiger partial charge on any atom is -0.491 e. The summed E-state index contributed by atoms with van der Waals surface area (Å²) in [7, 11) is 0. The van der Waals surface area contributed by atoms with Crippen LogP contribution in [0.3, 0.4) is 0 Å². The molecule has 0 saturated carbocycles. The Labute approximate surface area is 119 Å². The second-order valence-electron chi connectivity index (χ2n) is 4.79. The zero-order valence-electron chi connectivity index (χ0n) is 11.7. The van der Waals surface area contributed by atoms with Crippen LogP contribution in [0.1, 0.15) is 27.7 Å². The van der Waals surface area contributed by atoms with Crippen molar-refractivity contribution in [2.75, 3.05) is 5.32 Å². The summed E-state index contributed by atoms with van der Waals surface area (Å²) >= 11 is 5.06. The second-order valence-corrected chi connectivity index (χ2v) is 5.20. The topological polar surface area (TPSA) is 50.4 Å². The van der Waals surface area contributed by atoms with Gasteiger partial charge in [0.15, 0.2) is 5.11 Å². The molecule has 0 spiro atoms. The Morgan fingerprint density at radius 3 is 2.21 bits per heavy atom. The van der Waals surface area contributed by atoms with E-state index in [0.29, 0.717) is 5.11 Å². The summed E-state index contributed by atoms with van der Waals surface area (Å²) in [5.74, 6) is 0.608. The van der Waals surface area contributed by atoms with E-state index in [0.717, 1.165) is 11.4 Å². The summed E-state index contributed by atoms with van der Waals surface area (Å²) < 4.78 is 5.54. The Balaban J connectivity index is 2.53. The molecule has 2 N–H and O–H groups in total. The van der Waals surface area contributed by atoms with Gasteiger partial charge in [0.05, 0.1) is 6.10 Å². The monoisotopic (exact) mass is 280 g/mol. The number of carbonyl (C=O) groups is 1. The third-order valence-corrected chi connectivity index (χ3v) is 2.45. The highest BCUT2D eigenvalue weighted by atomic mass is 32.1. The van der Waals surface area contributed by atoms with Crippen molar-refractivity contribution in [1.82, 2.24) is 5.32 Å². The maximum absolute atomic E-state index is 11.5. The van der Waals surface area contributed by atoms with Crippen molar-refractivity contribution >= 4 is 28.9 Å². The number of anilines is 1. The van der Waals surface area contributed by atoms with Crippen LogP contribution < -0.4 is 15.4 Å². The lowest BCUT2D eigenvalue weighted by atomic mass is 10.2.